The Morgan fingerprint density at radius 1 is 1.33 bits per heavy atom. The summed E-state index contributed by atoms with van der Waals surface area (Å²) < 4.78 is 29.5. The van der Waals surface area contributed by atoms with Gasteiger partial charge in [0.15, 0.2) is 0 Å². The van der Waals surface area contributed by atoms with E-state index in [0.717, 1.165) is 12.1 Å². The van der Waals surface area contributed by atoms with Crippen LogP contribution in [0.2, 0.25) is 0 Å². The molecule has 0 spiro atoms. The second-order valence-corrected chi connectivity index (χ2v) is 8.43. The molecule has 1 aromatic carbocycles. The SMILES string of the molecule is Cc1ncsc1CCOc1c(Br)cc(S(N)(=O)=O)cc1Br. The average molecular weight is 456 g/mol. The number of nitrogens with two attached hydrogens (primary N) is 1. The van der Waals surface area contributed by atoms with Crippen molar-refractivity contribution < 1.29 is 13.2 Å². The van der Waals surface area contributed by atoms with Gasteiger partial charge in [-0.15, -0.1) is 11.3 Å². The number of ether oxygens (including phenoxy) is 1. The number of primary sulfonamides is 1. The van der Waals surface area contributed by atoms with E-state index in [4.69, 9.17) is 9.88 Å². The quantitative estimate of drug-likeness (QED) is 0.750. The Morgan fingerprint density at radius 3 is 2.43 bits per heavy atom. The van der Waals surface area contributed by atoms with Gasteiger partial charge in [0, 0.05) is 11.3 Å². The molecule has 2 aromatic rings. The van der Waals surface area contributed by atoms with Gasteiger partial charge in [-0.3, -0.25) is 0 Å². The number of rotatable bonds is 5. The fourth-order valence-corrected chi connectivity index (χ4v) is 4.70. The molecule has 114 valence electrons. The highest BCUT2D eigenvalue weighted by Gasteiger charge is 2.15. The number of hydrogen-bond donors (Lipinski definition) is 1. The zero-order valence-electron chi connectivity index (χ0n) is 11.0. The number of halogens is 2. The van der Waals surface area contributed by atoms with Crippen LogP contribution in [0, 0.1) is 6.92 Å². The van der Waals surface area contributed by atoms with Crippen molar-refractivity contribution in [2.24, 2.45) is 5.14 Å². The minimum absolute atomic E-state index is 0.0203. The van der Waals surface area contributed by atoms with Crippen molar-refractivity contribution in [3.05, 3.63) is 37.2 Å². The Labute approximate surface area is 143 Å². The van der Waals surface area contributed by atoms with Crippen LogP contribution in [0.4, 0.5) is 0 Å². The summed E-state index contributed by atoms with van der Waals surface area (Å²) in [6.45, 7) is 2.42. The van der Waals surface area contributed by atoms with E-state index in [-0.39, 0.29) is 4.90 Å². The van der Waals surface area contributed by atoms with Crippen LogP contribution < -0.4 is 9.88 Å². The molecule has 2 rings (SSSR count). The van der Waals surface area contributed by atoms with E-state index in [2.05, 4.69) is 36.8 Å². The van der Waals surface area contributed by atoms with Crippen LogP contribution in [0.25, 0.3) is 0 Å². The Kier molecular flexibility index (Phi) is 5.42. The van der Waals surface area contributed by atoms with Gasteiger partial charge in [-0.2, -0.15) is 0 Å². The lowest BCUT2D eigenvalue weighted by Gasteiger charge is -2.11. The maximum atomic E-state index is 11.3. The van der Waals surface area contributed by atoms with Crippen LogP contribution in [-0.4, -0.2) is 20.0 Å². The van der Waals surface area contributed by atoms with Crippen molar-refractivity contribution in [2.75, 3.05) is 6.61 Å². The first-order valence-electron chi connectivity index (χ1n) is 5.82. The van der Waals surface area contributed by atoms with Gasteiger partial charge in [0.05, 0.1) is 31.7 Å². The molecule has 21 heavy (non-hydrogen) atoms. The van der Waals surface area contributed by atoms with E-state index in [1.807, 2.05) is 6.92 Å². The molecule has 0 saturated heterocycles. The highest BCUT2D eigenvalue weighted by Crippen LogP contribution is 2.36. The lowest BCUT2D eigenvalue weighted by Crippen LogP contribution is -2.12. The topological polar surface area (TPSA) is 82.3 Å². The number of aromatic nitrogens is 1. The number of benzene rings is 1. The lowest BCUT2D eigenvalue weighted by molar-refractivity contribution is 0.318. The Morgan fingerprint density at radius 2 is 1.95 bits per heavy atom. The Hall–Kier alpha value is -0.480. The molecule has 0 saturated carbocycles. The first kappa shape index (κ1) is 16.9. The molecule has 0 aliphatic heterocycles. The predicted octanol–water partition coefficient (Wildman–Crippen LogP) is 3.25. The van der Waals surface area contributed by atoms with Crippen molar-refractivity contribution in [2.45, 2.75) is 18.2 Å². The highest BCUT2D eigenvalue weighted by atomic mass is 79.9. The summed E-state index contributed by atoms with van der Waals surface area (Å²) in [6.07, 6.45) is 0.742. The summed E-state index contributed by atoms with van der Waals surface area (Å²) in [6, 6.07) is 2.85. The van der Waals surface area contributed by atoms with Crippen LogP contribution in [0.1, 0.15) is 10.6 Å². The number of nitrogens with zero attached hydrogens (tertiary/aromatic N) is 1. The maximum Gasteiger partial charge on any atom is 0.238 e. The van der Waals surface area contributed by atoms with Gasteiger partial charge in [0.1, 0.15) is 5.75 Å². The van der Waals surface area contributed by atoms with Crippen molar-refractivity contribution in [3.63, 3.8) is 0 Å². The predicted molar refractivity (Wildman–Crippen MR) is 89.3 cm³/mol. The number of sulfonamides is 1. The van der Waals surface area contributed by atoms with Gasteiger partial charge in [-0.25, -0.2) is 18.5 Å². The summed E-state index contributed by atoms with van der Waals surface area (Å²) in [4.78, 5) is 5.37. The van der Waals surface area contributed by atoms with Crippen LogP contribution in [0.3, 0.4) is 0 Å². The van der Waals surface area contributed by atoms with E-state index < -0.39 is 10.0 Å². The first-order valence-corrected chi connectivity index (χ1v) is 9.84. The molecule has 0 amide bonds. The molecule has 0 radical (unpaired) electrons. The maximum absolute atomic E-state index is 11.3. The summed E-state index contributed by atoms with van der Waals surface area (Å²) in [5.74, 6) is 0.546. The van der Waals surface area contributed by atoms with Crippen molar-refractivity contribution in [1.29, 1.82) is 0 Å². The second kappa shape index (κ2) is 6.74. The van der Waals surface area contributed by atoms with E-state index in [9.17, 15) is 8.42 Å². The third kappa shape index (κ3) is 4.26. The zero-order valence-corrected chi connectivity index (χ0v) is 15.8. The highest BCUT2D eigenvalue weighted by molar-refractivity contribution is 9.11. The van der Waals surface area contributed by atoms with E-state index >= 15 is 0 Å². The molecule has 5 nitrogen and oxygen atoms in total. The minimum atomic E-state index is -3.75. The minimum Gasteiger partial charge on any atom is -0.491 e. The van der Waals surface area contributed by atoms with Crippen LogP contribution in [-0.2, 0) is 16.4 Å². The molecule has 1 aromatic heterocycles. The molecule has 9 heteroatoms. The molecule has 2 N–H and O–H groups in total. The van der Waals surface area contributed by atoms with Crippen LogP contribution in [0.5, 0.6) is 5.75 Å². The fraction of sp³-hybridized carbons (Fsp3) is 0.250. The van der Waals surface area contributed by atoms with Crippen molar-refractivity contribution in [1.82, 2.24) is 4.98 Å². The molecular weight excluding hydrogens is 444 g/mol. The van der Waals surface area contributed by atoms with Crippen molar-refractivity contribution in [3.8, 4) is 5.75 Å². The van der Waals surface area contributed by atoms with E-state index in [0.29, 0.717) is 21.3 Å². The monoisotopic (exact) mass is 454 g/mol. The molecular formula is C12H12Br2N2O3S2. The second-order valence-electron chi connectivity index (χ2n) is 4.22. The molecule has 1 heterocycles. The summed E-state index contributed by atoms with van der Waals surface area (Å²) in [5, 5.41) is 5.11. The average Bonchev–Trinajstić information content (AvgIpc) is 2.77. The lowest BCUT2D eigenvalue weighted by atomic mass is 10.3. The first-order chi connectivity index (χ1) is 9.79. The largest absolute Gasteiger partial charge is 0.491 e. The standard InChI is InChI=1S/C12H12Br2N2O3S2/c1-7-11(20-6-16-7)2-3-19-12-9(13)4-8(5-10(12)14)21(15,17)18/h4-6H,2-3H2,1H3,(H2,15,17,18). The third-order valence-corrected chi connectivity index (χ3v) is 5.79. The summed E-state index contributed by atoms with van der Waals surface area (Å²) in [7, 11) is -3.75. The molecule has 0 bridgehead atoms. The van der Waals surface area contributed by atoms with Crippen LogP contribution >= 0.6 is 43.2 Å². The molecule has 0 unspecified atom stereocenters. The summed E-state index contributed by atoms with van der Waals surface area (Å²) in [5.41, 5.74) is 2.81. The number of thiazole rings is 1. The Balaban J connectivity index is 2.12. The zero-order chi connectivity index (χ0) is 15.6. The van der Waals surface area contributed by atoms with Crippen molar-refractivity contribution >= 4 is 53.2 Å². The van der Waals surface area contributed by atoms with Gasteiger partial charge >= 0.3 is 0 Å². The molecule has 0 aliphatic rings. The molecule has 0 aliphatic carbocycles. The number of aryl methyl sites for hydroxylation is 1. The smallest absolute Gasteiger partial charge is 0.238 e. The van der Waals surface area contributed by atoms with E-state index in [1.54, 1.807) is 16.8 Å². The van der Waals surface area contributed by atoms with Gasteiger partial charge < -0.3 is 4.74 Å². The fourth-order valence-electron chi connectivity index (χ4n) is 1.65. The number of hydrogen-bond acceptors (Lipinski definition) is 5. The van der Waals surface area contributed by atoms with E-state index in [1.165, 1.54) is 17.0 Å². The van der Waals surface area contributed by atoms with Crippen LogP contribution in [0.15, 0.2) is 31.5 Å². The normalized spacial score (nSPS) is 11.6. The van der Waals surface area contributed by atoms with Gasteiger partial charge in [-0.1, -0.05) is 0 Å². The van der Waals surface area contributed by atoms with Gasteiger partial charge in [0.25, 0.3) is 0 Å². The summed E-state index contributed by atoms with van der Waals surface area (Å²) >= 11 is 8.19. The van der Waals surface area contributed by atoms with Gasteiger partial charge in [-0.05, 0) is 50.9 Å². The molecule has 0 atom stereocenters. The van der Waals surface area contributed by atoms with Gasteiger partial charge in [0.2, 0.25) is 10.0 Å². The molecule has 0 fully saturated rings. The Bertz CT molecular complexity index is 737. The third-order valence-electron chi connectivity index (χ3n) is 2.72.